The van der Waals surface area contributed by atoms with Crippen molar-refractivity contribution in [2.24, 2.45) is 5.92 Å². The molecule has 0 saturated heterocycles. The summed E-state index contributed by atoms with van der Waals surface area (Å²) in [6, 6.07) is 2.99. The van der Waals surface area contributed by atoms with Gasteiger partial charge in [0, 0.05) is 12.6 Å². The Bertz CT molecular complexity index is 725. The molecule has 0 atom stereocenters. The molecule has 0 spiro atoms. The number of hydrogen-bond donors (Lipinski definition) is 1. The third-order valence-electron chi connectivity index (χ3n) is 3.38. The molecule has 1 N–H and O–H groups in total. The highest BCUT2D eigenvalue weighted by molar-refractivity contribution is 7.89. The normalized spacial score (nSPS) is 11.8. The van der Waals surface area contributed by atoms with Gasteiger partial charge in [0.2, 0.25) is 10.0 Å². The molecule has 8 heteroatoms. The summed E-state index contributed by atoms with van der Waals surface area (Å²) in [6.07, 6.45) is 3.35. The van der Waals surface area contributed by atoms with Crippen LogP contribution in [0.2, 0.25) is 0 Å². The van der Waals surface area contributed by atoms with Crippen LogP contribution in [0.3, 0.4) is 0 Å². The second kappa shape index (κ2) is 9.43. The zero-order chi connectivity index (χ0) is 19.0. The molecule has 0 heterocycles. The van der Waals surface area contributed by atoms with Crippen molar-refractivity contribution in [2.75, 3.05) is 27.9 Å². The van der Waals surface area contributed by atoms with E-state index in [4.69, 9.17) is 9.47 Å². The maximum absolute atomic E-state index is 12.6. The lowest BCUT2D eigenvalue weighted by Gasteiger charge is -2.15. The Kier molecular flexibility index (Phi) is 7.92. The van der Waals surface area contributed by atoms with Crippen LogP contribution < -0.4 is 14.2 Å². The van der Waals surface area contributed by atoms with Crippen LogP contribution in [0.1, 0.15) is 25.8 Å². The SMILES string of the molecule is COC(=O)/C=C/c1cc(OC)c(OC)c(S(=O)(=O)NCCC(C)C)c1. The Morgan fingerprint density at radius 3 is 2.40 bits per heavy atom. The summed E-state index contributed by atoms with van der Waals surface area (Å²) in [5.74, 6) is 0.177. The van der Waals surface area contributed by atoms with Gasteiger partial charge < -0.3 is 14.2 Å². The van der Waals surface area contributed by atoms with Crippen molar-refractivity contribution >= 4 is 22.1 Å². The summed E-state index contributed by atoms with van der Waals surface area (Å²) in [5.41, 5.74) is 0.465. The molecule has 1 aromatic carbocycles. The fourth-order valence-corrected chi connectivity index (χ4v) is 3.30. The van der Waals surface area contributed by atoms with Crippen LogP contribution >= 0.6 is 0 Å². The largest absolute Gasteiger partial charge is 0.493 e. The number of nitrogens with one attached hydrogen (secondary N) is 1. The Labute approximate surface area is 149 Å². The van der Waals surface area contributed by atoms with Gasteiger partial charge in [-0.1, -0.05) is 13.8 Å². The van der Waals surface area contributed by atoms with Crippen LogP contribution in [-0.2, 0) is 19.6 Å². The molecule has 0 fully saturated rings. The second-order valence-corrected chi connectivity index (χ2v) is 7.43. The van der Waals surface area contributed by atoms with Gasteiger partial charge in [-0.05, 0) is 36.1 Å². The van der Waals surface area contributed by atoms with E-state index in [0.717, 1.165) is 0 Å². The van der Waals surface area contributed by atoms with E-state index in [-0.39, 0.29) is 16.4 Å². The number of carbonyl (C=O) groups excluding carboxylic acids is 1. The van der Waals surface area contributed by atoms with Crippen molar-refractivity contribution < 1.29 is 27.4 Å². The number of rotatable bonds is 9. The lowest BCUT2D eigenvalue weighted by Crippen LogP contribution is -2.26. The molecule has 0 saturated carbocycles. The first-order valence-corrected chi connectivity index (χ1v) is 9.25. The predicted molar refractivity (Wildman–Crippen MR) is 95.2 cm³/mol. The van der Waals surface area contributed by atoms with E-state index in [9.17, 15) is 13.2 Å². The monoisotopic (exact) mass is 371 g/mol. The predicted octanol–water partition coefficient (Wildman–Crippen LogP) is 2.21. The highest BCUT2D eigenvalue weighted by Crippen LogP contribution is 2.36. The fourth-order valence-electron chi connectivity index (χ4n) is 2.04. The first-order valence-electron chi connectivity index (χ1n) is 7.76. The molecule has 7 nitrogen and oxygen atoms in total. The van der Waals surface area contributed by atoms with Gasteiger partial charge >= 0.3 is 5.97 Å². The molecule has 1 aromatic rings. The summed E-state index contributed by atoms with van der Waals surface area (Å²) >= 11 is 0. The number of hydrogen-bond acceptors (Lipinski definition) is 6. The smallest absolute Gasteiger partial charge is 0.330 e. The third kappa shape index (κ3) is 6.06. The van der Waals surface area contributed by atoms with Gasteiger partial charge in [0.1, 0.15) is 4.90 Å². The quantitative estimate of drug-likeness (QED) is 0.529. The highest BCUT2D eigenvalue weighted by Gasteiger charge is 2.23. The zero-order valence-electron chi connectivity index (χ0n) is 15.2. The Morgan fingerprint density at radius 1 is 1.20 bits per heavy atom. The number of sulfonamides is 1. The van der Waals surface area contributed by atoms with Gasteiger partial charge in [-0.15, -0.1) is 0 Å². The first-order chi connectivity index (χ1) is 11.7. The standard InChI is InChI=1S/C17H25NO6S/c1-12(2)8-9-18-25(20,21)15-11-13(6-7-16(19)23-4)10-14(22-3)17(15)24-5/h6-7,10-12,18H,8-9H2,1-5H3/b7-6+. The van der Waals surface area contributed by atoms with E-state index >= 15 is 0 Å². The molecule has 140 valence electrons. The summed E-state index contributed by atoms with van der Waals surface area (Å²) in [5, 5.41) is 0. The molecule has 0 unspecified atom stereocenters. The van der Waals surface area contributed by atoms with E-state index in [1.165, 1.54) is 39.5 Å². The third-order valence-corrected chi connectivity index (χ3v) is 4.85. The molecule has 0 aromatic heterocycles. The van der Waals surface area contributed by atoms with Gasteiger partial charge in [-0.3, -0.25) is 0 Å². The minimum absolute atomic E-state index is 0.0531. The number of ether oxygens (including phenoxy) is 3. The molecule has 0 bridgehead atoms. The van der Waals surface area contributed by atoms with Gasteiger partial charge in [0.25, 0.3) is 0 Å². The molecule has 0 radical (unpaired) electrons. The van der Waals surface area contributed by atoms with E-state index < -0.39 is 16.0 Å². The van der Waals surface area contributed by atoms with Gasteiger partial charge in [0.15, 0.2) is 11.5 Å². The average Bonchev–Trinajstić information content (AvgIpc) is 2.57. The lowest BCUT2D eigenvalue weighted by atomic mass is 10.1. The molecule has 1 rings (SSSR count). The Balaban J connectivity index is 3.30. The van der Waals surface area contributed by atoms with Crippen molar-refractivity contribution in [3.63, 3.8) is 0 Å². The minimum atomic E-state index is -3.80. The van der Waals surface area contributed by atoms with E-state index in [1.807, 2.05) is 13.8 Å². The van der Waals surface area contributed by atoms with Gasteiger partial charge in [-0.25, -0.2) is 17.9 Å². The van der Waals surface area contributed by atoms with Crippen molar-refractivity contribution in [2.45, 2.75) is 25.2 Å². The van der Waals surface area contributed by atoms with E-state index in [0.29, 0.717) is 24.4 Å². The zero-order valence-corrected chi connectivity index (χ0v) is 16.0. The Morgan fingerprint density at radius 2 is 1.88 bits per heavy atom. The van der Waals surface area contributed by atoms with Crippen molar-refractivity contribution in [1.82, 2.24) is 4.72 Å². The molecule has 0 aliphatic rings. The molecular weight excluding hydrogens is 346 g/mol. The fraction of sp³-hybridized carbons (Fsp3) is 0.471. The lowest BCUT2D eigenvalue weighted by molar-refractivity contribution is -0.134. The summed E-state index contributed by atoms with van der Waals surface area (Å²) in [6.45, 7) is 4.33. The van der Waals surface area contributed by atoms with Crippen molar-refractivity contribution in [1.29, 1.82) is 0 Å². The minimum Gasteiger partial charge on any atom is -0.493 e. The summed E-state index contributed by atoms with van der Waals surface area (Å²) < 4.78 is 42.8. The second-order valence-electron chi connectivity index (χ2n) is 5.69. The van der Waals surface area contributed by atoms with E-state index in [2.05, 4.69) is 9.46 Å². The summed E-state index contributed by atoms with van der Waals surface area (Å²) in [7, 11) is 0.238. The van der Waals surface area contributed by atoms with Crippen LogP contribution in [0.25, 0.3) is 6.08 Å². The first kappa shape index (κ1) is 21.0. The maximum atomic E-state index is 12.6. The molecule has 0 aliphatic carbocycles. The maximum Gasteiger partial charge on any atom is 0.330 e. The molecule has 25 heavy (non-hydrogen) atoms. The number of carbonyl (C=O) groups is 1. The van der Waals surface area contributed by atoms with Crippen molar-refractivity contribution in [3.8, 4) is 11.5 Å². The number of methoxy groups -OCH3 is 3. The van der Waals surface area contributed by atoms with Crippen LogP contribution in [0, 0.1) is 5.92 Å². The number of benzene rings is 1. The van der Waals surface area contributed by atoms with Crippen molar-refractivity contribution in [3.05, 3.63) is 23.8 Å². The van der Waals surface area contributed by atoms with Crippen LogP contribution in [0.5, 0.6) is 11.5 Å². The highest BCUT2D eigenvalue weighted by atomic mass is 32.2. The van der Waals surface area contributed by atoms with Crippen LogP contribution in [0.4, 0.5) is 0 Å². The van der Waals surface area contributed by atoms with Gasteiger partial charge in [0.05, 0.1) is 21.3 Å². The molecule has 0 amide bonds. The topological polar surface area (TPSA) is 90.9 Å². The number of esters is 1. The van der Waals surface area contributed by atoms with Gasteiger partial charge in [-0.2, -0.15) is 0 Å². The van der Waals surface area contributed by atoms with E-state index in [1.54, 1.807) is 6.07 Å². The van der Waals surface area contributed by atoms with Crippen LogP contribution in [0.15, 0.2) is 23.1 Å². The Hall–Kier alpha value is -2.06. The molecular formula is C17H25NO6S. The molecule has 0 aliphatic heterocycles. The van der Waals surface area contributed by atoms with Crippen LogP contribution in [-0.4, -0.2) is 42.3 Å². The summed E-state index contributed by atoms with van der Waals surface area (Å²) in [4.78, 5) is 11.2. The average molecular weight is 371 g/mol.